The molecule has 1 N–H and O–H groups in total. The SMILES string of the molecule is C=CCC(CO)(c1ccccc1)c1ccccc1. The summed E-state index contributed by atoms with van der Waals surface area (Å²) < 4.78 is 0. The first-order chi connectivity index (χ1) is 8.83. The molecule has 0 unspecified atom stereocenters. The van der Waals surface area contributed by atoms with E-state index in [4.69, 9.17) is 0 Å². The fourth-order valence-electron chi connectivity index (χ4n) is 2.41. The maximum absolute atomic E-state index is 9.97. The molecule has 0 aromatic heterocycles. The number of hydrogen-bond acceptors (Lipinski definition) is 1. The van der Waals surface area contributed by atoms with Gasteiger partial charge >= 0.3 is 0 Å². The molecule has 18 heavy (non-hydrogen) atoms. The van der Waals surface area contributed by atoms with E-state index in [1.54, 1.807) is 0 Å². The van der Waals surface area contributed by atoms with Gasteiger partial charge in [-0.3, -0.25) is 0 Å². The van der Waals surface area contributed by atoms with Crippen molar-refractivity contribution >= 4 is 0 Å². The van der Waals surface area contributed by atoms with Crippen LogP contribution in [0.25, 0.3) is 0 Å². The van der Waals surface area contributed by atoms with Gasteiger partial charge in [0.15, 0.2) is 0 Å². The molecule has 0 aliphatic heterocycles. The Labute approximate surface area is 108 Å². The van der Waals surface area contributed by atoms with E-state index in [9.17, 15) is 5.11 Å². The number of benzene rings is 2. The van der Waals surface area contributed by atoms with Gasteiger partial charge < -0.3 is 5.11 Å². The first-order valence-electron chi connectivity index (χ1n) is 6.16. The van der Waals surface area contributed by atoms with Crippen LogP contribution in [0, 0.1) is 0 Å². The predicted molar refractivity (Wildman–Crippen MR) is 75.6 cm³/mol. The summed E-state index contributed by atoms with van der Waals surface area (Å²) in [7, 11) is 0. The molecule has 0 heterocycles. The van der Waals surface area contributed by atoms with Crippen LogP contribution in [0.5, 0.6) is 0 Å². The summed E-state index contributed by atoms with van der Waals surface area (Å²) in [4.78, 5) is 0. The molecule has 0 amide bonds. The van der Waals surface area contributed by atoms with Crippen LogP contribution < -0.4 is 0 Å². The minimum atomic E-state index is -0.385. The summed E-state index contributed by atoms with van der Waals surface area (Å²) in [6.07, 6.45) is 2.59. The predicted octanol–water partition coefficient (Wildman–Crippen LogP) is 3.54. The number of rotatable bonds is 5. The highest BCUT2D eigenvalue weighted by Gasteiger charge is 2.31. The van der Waals surface area contributed by atoms with Crippen LogP contribution in [0.2, 0.25) is 0 Å². The Morgan fingerprint density at radius 3 is 1.67 bits per heavy atom. The molecule has 0 fully saturated rings. The zero-order valence-corrected chi connectivity index (χ0v) is 10.4. The second kappa shape index (κ2) is 5.65. The fourth-order valence-corrected chi connectivity index (χ4v) is 2.41. The molecule has 1 nitrogen and oxygen atoms in total. The third kappa shape index (κ3) is 2.22. The standard InChI is InChI=1S/C17H18O/c1-2-13-17(14-18,15-9-5-3-6-10-15)16-11-7-4-8-12-16/h2-12,18H,1,13-14H2. The number of hydrogen-bond donors (Lipinski definition) is 1. The van der Waals surface area contributed by atoms with Crippen LogP contribution in [-0.2, 0) is 5.41 Å². The Balaban J connectivity index is 2.57. The van der Waals surface area contributed by atoms with Crippen molar-refractivity contribution in [3.05, 3.63) is 84.4 Å². The van der Waals surface area contributed by atoms with Gasteiger partial charge in [-0.1, -0.05) is 66.7 Å². The van der Waals surface area contributed by atoms with Crippen LogP contribution >= 0.6 is 0 Å². The van der Waals surface area contributed by atoms with Crippen molar-refractivity contribution in [2.24, 2.45) is 0 Å². The van der Waals surface area contributed by atoms with E-state index >= 15 is 0 Å². The lowest BCUT2D eigenvalue weighted by atomic mass is 9.73. The van der Waals surface area contributed by atoms with Gasteiger partial charge in [-0.25, -0.2) is 0 Å². The molecule has 0 atom stereocenters. The first kappa shape index (κ1) is 12.6. The molecule has 0 aliphatic carbocycles. The van der Waals surface area contributed by atoms with E-state index in [0.29, 0.717) is 0 Å². The molecular weight excluding hydrogens is 220 g/mol. The average Bonchev–Trinajstić information content (AvgIpc) is 2.47. The number of aliphatic hydroxyl groups excluding tert-OH is 1. The molecule has 0 radical (unpaired) electrons. The van der Waals surface area contributed by atoms with Gasteiger partial charge in [0.05, 0.1) is 6.61 Å². The van der Waals surface area contributed by atoms with Crippen LogP contribution in [0.1, 0.15) is 17.5 Å². The van der Waals surface area contributed by atoms with Gasteiger partial charge in [0, 0.05) is 5.41 Å². The lowest BCUT2D eigenvalue weighted by Gasteiger charge is -2.32. The van der Waals surface area contributed by atoms with Crippen LogP contribution in [0.4, 0.5) is 0 Å². The first-order valence-corrected chi connectivity index (χ1v) is 6.16. The Hall–Kier alpha value is -1.86. The molecule has 0 aliphatic rings. The Morgan fingerprint density at radius 1 is 0.889 bits per heavy atom. The van der Waals surface area contributed by atoms with Gasteiger partial charge in [0.2, 0.25) is 0 Å². The summed E-state index contributed by atoms with van der Waals surface area (Å²) in [6, 6.07) is 20.3. The number of aliphatic hydroxyl groups is 1. The normalized spacial score (nSPS) is 11.2. The largest absolute Gasteiger partial charge is 0.395 e. The van der Waals surface area contributed by atoms with Crippen molar-refractivity contribution in [2.45, 2.75) is 11.8 Å². The van der Waals surface area contributed by atoms with E-state index in [1.807, 2.05) is 42.5 Å². The minimum absolute atomic E-state index is 0.0764. The van der Waals surface area contributed by atoms with E-state index < -0.39 is 0 Å². The molecule has 2 rings (SSSR count). The zero-order valence-electron chi connectivity index (χ0n) is 10.4. The van der Waals surface area contributed by atoms with Crippen molar-refractivity contribution in [3.8, 4) is 0 Å². The van der Waals surface area contributed by atoms with E-state index in [1.165, 1.54) is 0 Å². The van der Waals surface area contributed by atoms with Crippen LogP contribution in [-0.4, -0.2) is 11.7 Å². The Morgan fingerprint density at radius 2 is 1.33 bits per heavy atom. The molecule has 0 saturated carbocycles. The Bertz CT molecular complexity index is 448. The van der Waals surface area contributed by atoms with Gasteiger partial charge in [-0.15, -0.1) is 6.58 Å². The van der Waals surface area contributed by atoms with Gasteiger partial charge in [-0.2, -0.15) is 0 Å². The highest BCUT2D eigenvalue weighted by molar-refractivity contribution is 5.40. The van der Waals surface area contributed by atoms with Crippen LogP contribution in [0.15, 0.2) is 73.3 Å². The second-order valence-electron chi connectivity index (χ2n) is 4.47. The van der Waals surface area contributed by atoms with Crippen molar-refractivity contribution in [1.29, 1.82) is 0 Å². The topological polar surface area (TPSA) is 20.2 Å². The van der Waals surface area contributed by atoms with E-state index in [-0.39, 0.29) is 12.0 Å². The van der Waals surface area contributed by atoms with E-state index in [0.717, 1.165) is 17.5 Å². The minimum Gasteiger partial charge on any atom is -0.395 e. The summed E-state index contributed by atoms with van der Waals surface area (Å²) >= 11 is 0. The summed E-state index contributed by atoms with van der Waals surface area (Å²) in [6.45, 7) is 3.91. The van der Waals surface area contributed by atoms with Crippen molar-refractivity contribution in [2.75, 3.05) is 6.61 Å². The summed E-state index contributed by atoms with van der Waals surface area (Å²) in [5.74, 6) is 0. The van der Waals surface area contributed by atoms with Crippen molar-refractivity contribution < 1.29 is 5.11 Å². The second-order valence-corrected chi connectivity index (χ2v) is 4.47. The summed E-state index contributed by atoms with van der Waals surface area (Å²) in [5.41, 5.74) is 1.86. The Kier molecular flexibility index (Phi) is 3.96. The average molecular weight is 238 g/mol. The fraction of sp³-hybridized carbons (Fsp3) is 0.176. The lowest BCUT2D eigenvalue weighted by molar-refractivity contribution is 0.220. The van der Waals surface area contributed by atoms with Crippen molar-refractivity contribution in [3.63, 3.8) is 0 Å². The number of allylic oxidation sites excluding steroid dienone is 1. The van der Waals surface area contributed by atoms with Crippen LogP contribution in [0.3, 0.4) is 0 Å². The molecular formula is C17H18O. The molecule has 0 saturated heterocycles. The highest BCUT2D eigenvalue weighted by Crippen LogP contribution is 2.35. The maximum Gasteiger partial charge on any atom is 0.0571 e. The lowest BCUT2D eigenvalue weighted by Crippen LogP contribution is -2.31. The third-order valence-corrected chi connectivity index (χ3v) is 3.42. The zero-order chi connectivity index (χ0) is 12.8. The highest BCUT2D eigenvalue weighted by atomic mass is 16.3. The molecule has 1 heteroatoms. The molecule has 2 aromatic rings. The molecule has 2 aromatic carbocycles. The van der Waals surface area contributed by atoms with Gasteiger partial charge in [0.25, 0.3) is 0 Å². The van der Waals surface area contributed by atoms with Gasteiger partial charge in [-0.05, 0) is 17.5 Å². The van der Waals surface area contributed by atoms with Crippen molar-refractivity contribution in [1.82, 2.24) is 0 Å². The molecule has 92 valence electrons. The van der Waals surface area contributed by atoms with E-state index in [2.05, 4.69) is 30.8 Å². The monoisotopic (exact) mass is 238 g/mol. The molecule has 0 spiro atoms. The maximum atomic E-state index is 9.97. The quantitative estimate of drug-likeness (QED) is 0.790. The molecule has 0 bridgehead atoms. The third-order valence-electron chi connectivity index (χ3n) is 3.42. The smallest absolute Gasteiger partial charge is 0.0571 e. The summed E-state index contributed by atoms with van der Waals surface area (Å²) in [5, 5.41) is 9.97. The van der Waals surface area contributed by atoms with Gasteiger partial charge in [0.1, 0.15) is 0 Å².